The van der Waals surface area contributed by atoms with Crippen molar-refractivity contribution < 1.29 is 17.9 Å². The highest BCUT2D eigenvalue weighted by Gasteiger charge is 2.18. The van der Waals surface area contributed by atoms with Gasteiger partial charge in [-0.3, -0.25) is 4.79 Å². The molecule has 1 aliphatic rings. The maximum absolute atomic E-state index is 12.3. The van der Waals surface area contributed by atoms with Crippen molar-refractivity contribution in [3.8, 4) is 5.75 Å². The number of likely N-dealkylation sites (tertiary alicyclic amines) is 1. The van der Waals surface area contributed by atoms with E-state index in [1.165, 1.54) is 45.1 Å². The highest BCUT2D eigenvalue weighted by molar-refractivity contribution is 7.89. The molecule has 0 radical (unpaired) electrons. The molecule has 2 rings (SSSR count). The minimum absolute atomic E-state index is 0. The summed E-state index contributed by atoms with van der Waals surface area (Å²) in [6, 6.07) is 4.38. The van der Waals surface area contributed by atoms with Crippen molar-refractivity contribution in [2.45, 2.75) is 24.7 Å². The van der Waals surface area contributed by atoms with E-state index in [0.717, 1.165) is 13.1 Å². The molecule has 0 aliphatic carbocycles. The van der Waals surface area contributed by atoms with E-state index in [4.69, 9.17) is 4.74 Å². The fourth-order valence-corrected chi connectivity index (χ4v) is 3.60. The van der Waals surface area contributed by atoms with Gasteiger partial charge in [-0.25, -0.2) is 13.1 Å². The van der Waals surface area contributed by atoms with Gasteiger partial charge in [-0.05, 0) is 38.1 Å². The van der Waals surface area contributed by atoms with E-state index in [9.17, 15) is 13.2 Å². The molecule has 1 aliphatic heterocycles. The molecule has 7 nitrogen and oxygen atoms in total. The van der Waals surface area contributed by atoms with Crippen molar-refractivity contribution in [2.75, 3.05) is 38.6 Å². The van der Waals surface area contributed by atoms with E-state index >= 15 is 0 Å². The molecule has 1 saturated heterocycles. The highest BCUT2D eigenvalue weighted by atomic mass is 35.5. The molecule has 0 unspecified atom stereocenters. The number of amides is 1. The number of anilines is 1. The summed E-state index contributed by atoms with van der Waals surface area (Å²) in [5.41, 5.74) is 0.441. The number of methoxy groups -OCH3 is 1. The molecule has 24 heavy (non-hydrogen) atoms. The van der Waals surface area contributed by atoms with Crippen LogP contribution in [0.2, 0.25) is 0 Å². The molecule has 1 aromatic rings. The van der Waals surface area contributed by atoms with E-state index < -0.39 is 10.0 Å². The van der Waals surface area contributed by atoms with Crippen molar-refractivity contribution >= 4 is 34.0 Å². The second-order valence-corrected chi connectivity index (χ2v) is 7.26. The van der Waals surface area contributed by atoms with Crippen LogP contribution in [0.25, 0.3) is 0 Å². The third kappa shape index (κ3) is 5.62. The molecule has 1 aromatic carbocycles. The number of benzene rings is 1. The molecule has 1 fully saturated rings. The van der Waals surface area contributed by atoms with Gasteiger partial charge in [-0.2, -0.15) is 0 Å². The predicted octanol–water partition coefficient (Wildman–Crippen LogP) is 1.45. The van der Waals surface area contributed by atoms with Gasteiger partial charge in [0.15, 0.2) is 0 Å². The van der Waals surface area contributed by atoms with Crippen LogP contribution >= 0.6 is 12.4 Å². The Morgan fingerprint density at radius 2 is 1.96 bits per heavy atom. The molecule has 0 spiro atoms. The Morgan fingerprint density at radius 3 is 2.54 bits per heavy atom. The lowest BCUT2D eigenvalue weighted by Gasteiger charge is -2.15. The van der Waals surface area contributed by atoms with Crippen molar-refractivity contribution in [1.29, 1.82) is 0 Å². The van der Waals surface area contributed by atoms with Gasteiger partial charge >= 0.3 is 0 Å². The fraction of sp³-hybridized carbons (Fsp3) is 0.533. The number of hydrogen-bond donors (Lipinski definition) is 2. The summed E-state index contributed by atoms with van der Waals surface area (Å²) < 4.78 is 32.4. The largest absolute Gasteiger partial charge is 0.495 e. The van der Waals surface area contributed by atoms with Crippen molar-refractivity contribution in [2.24, 2.45) is 0 Å². The zero-order chi connectivity index (χ0) is 16.9. The molecule has 1 amide bonds. The number of nitrogens with one attached hydrogen (secondary N) is 2. The molecule has 0 atom stereocenters. The maximum atomic E-state index is 12.3. The van der Waals surface area contributed by atoms with E-state index in [1.807, 2.05) is 0 Å². The van der Waals surface area contributed by atoms with Crippen LogP contribution in [0.3, 0.4) is 0 Å². The van der Waals surface area contributed by atoms with Gasteiger partial charge in [-0.15, -0.1) is 12.4 Å². The molecule has 136 valence electrons. The van der Waals surface area contributed by atoms with Crippen LogP contribution in [-0.4, -0.2) is 52.5 Å². The van der Waals surface area contributed by atoms with Gasteiger partial charge < -0.3 is 15.0 Å². The number of carbonyl (C=O) groups excluding carboxylic acids is 1. The van der Waals surface area contributed by atoms with E-state index in [0.29, 0.717) is 24.5 Å². The number of sulfonamides is 1. The van der Waals surface area contributed by atoms with Crippen LogP contribution in [0.15, 0.2) is 23.1 Å². The zero-order valence-electron chi connectivity index (χ0n) is 13.9. The third-order valence-electron chi connectivity index (χ3n) is 3.71. The van der Waals surface area contributed by atoms with Crippen LogP contribution < -0.4 is 14.8 Å². The van der Waals surface area contributed by atoms with Crippen molar-refractivity contribution in [3.05, 3.63) is 18.2 Å². The Labute approximate surface area is 149 Å². The van der Waals surface area contributed by atoms with Crippen LogP contribution in [0.4, 0.5) is 5.69 Å². The summed E-state index contributed by atoms with van der Waals surface area (Å²) in [6.45, 7) is 4.52. The molecular weight excluding hydrogens is 354 g/mol. The van der Waals surface area contributed by atoms with Crippen LogP contribution in [0, 0.1) is 0 Å². The number of ether oxygens (including phenoxy) is 1. The zero-order valence-corrected chi connectivity index (χ0v) is 15.5. The van der Waals surface area contributed by atoms with Gasteiger partial charge in [0.05, 0.1) is 17.7 Å². The Hall–Kier alpha value is -1.35. The number of halogens is 1. The van der Waals surface area contributed by atoms with Crippen LogP contribution in [0.5, 0.6) is 5.75 Å². The summed E-state index contributed by atoms with van der Waals surface area (Å²) in [7, 11) is -2.17. The summed E-state index contributed by atoms with van der Waals surface area (Å²) in [5.74, 6) is 0.0604. The molecule has 0 saturated carbocycles. The normalized spacial score (nSPS) is 14.9. The van der Waals surface area contributed by atoms with E-state index in [2.05, 4.69) is 14.9 Å². The third-order valence-corrected chi connectivity index (χ3v) is 5.17. The minimum atomic E-state index is -3.60. The van der Waals surface area contributed by atoms with Gasteiger partial charge in [0.2, 0.25) is 15.9 Å². The van der Waals surface area contributed by atoms with Gasteiger partial charge in [0, 0.05) is 26.1 Å². The summed E-state index contributed by atoms with van der Waals surface area (Å²) >= 11 is 0. The fourth-order valence-electron chi connectivity index (χ4n) is 2.56. The average Bonchev–Trinajstić information content (AvgIpc) is 3.00. The summed E-state index contributed by atoms with van der Waals surface area (Å²) in [4.78, 5) is 13.5. The molecule has 0 bridgehead atoms. The van der Waals surface area contributed by atoms with Crippen molar-refractivity contribution in [3.63, 3.8) is 0 Å². The summed E-state index contributed by atoms with van der Waals surface area (Å²) in [6.07, 6.45) is 2.35. The smallest absolute Gasteiger partial charge is 0.240 e. The minimum Gasteiger partial charge on any atom is -0.495 e. The second kappa shape index (κ2) is 9.22. The summed E-state index contributed by atoms with van der Waals surface area (Å²) in [5, 5.41) is 2.60. The van der Waals surface area contributed by atoms with E-state index in [-0.39, 0.29) is 23.2 Å². The lowest BCUT2D eigenvalue weighted by atomic mass is 10.3. The van der Waals surface area contributed by atoms with Gasteiger partial charge in [0.1, 0.15) is 5.75 Å². The van der Waals surface area contributed by atoms with Crippen LogP contribution in [-0.2, 0) is 14.8 Å². The first kappa shape index (κ1) is 20.7. The number of hydrogen-bond acceptors (Lipinski definition) is 5. The van der Waals surface area contributed by atoms with Crippen LogP contribution in [0.1, 0.15) is 19.8 Å². The maximum Gasteiger partial charge on any atom is 0.240 e. The number of nitrogens with zero attached hydrogens (tertiary/aromatic N) is 1. The number of carbonyl (C=O) groups is 1. The Bertz CT molecular complexity index is 661. The lowest BCUT2D eigenvalue weighted by Crippen LogP contribution is -2.33. The first-order valence-corrected chi connectivity index (χ1v) is 9.08. The molecule has 2 N–H and O–H groups in total. The Balaban J connectivity index is 0.00000288. The molecule has 0 aromatic heterocycles. The van der Waals surface area contributed by atoms with Gasteiger partial charge in [0.25, 0.3) is 0 Å². The quantitative estimate of drug-likeness (QED) is 0.750. The molecular formula is C15H24ClN3O4S. The lowest BCUT2D eigenvalue weighted by molar-refractivity contribution is -0.114. The van der Waals surface area contributed by atoms with E-state index in [1.54, 1.807) is 0 Å². The molecule has 9 heteroatoms. The number of rotatable bonds is 7. The topological polar surface area (TPSA) is 87.7 Å². The Morgan fingerprint density at radius 1 is 1.29 bits per heavy atom. The second-order valence-electron chi connectivity index (χ2n) is 5.49. The average molecular weight is 378 g/mol. The van der Waals surface area contributed by atoms with Gasteiger partial charge in [-0.1, -0.05) is 0 Å². The Kier molecular flexibility index (Phi) is 7.95. The van der Waals surface area contributed by atoms with Crippen molar-refractivity contribution in [1.82, 2.24) is 9.62 Å². The first-order chi connectivity index (χ1) is 10.9. The standard InChI is InChI=1S/C15H23N3O4S.ClH/c1-12(19)17-14-6-5-13(11-15(14)22-2)23(20,21)16-7-10-18-8-3-4-9-18;/h5-6,11,16H,3-4,7-10H2,1-2H3,(H,17,19);1H. The predicted molar refractivity (Wildman–Crippen MR) is 95.4 cm³/mol. The SMILES string of the molecule is COc1cc(S(=O)(=O)NCCN2CCCC2)ccc1NC(C)=O.Cl. The monoisotopic (exact) mass is 377 g/mol. The highest BCUT2D eigenvalue weighted by Crippen LogP contribution is 2.27. The molecule has 1 heterocycles. The first-order valence-electron chi connectivity index (χ1n) is 7.60.